The van der Waals surface area contributed by atoms with Crippen molar-refractivity contribution in [2.75, 3.05) is 10.6 Å². The fourth-order valence-corrected chi connectivity index (χ4v) is 4.45. The summed E-state index contributed by atoms with van der Waals surface area (Å²) in [5, 5.41) is 13.7. The third kappa shape index (κ3) is 4.20. The lowest BCUT2D eigenvalue weighted by Crippen LogP contribution is -2.14. The van der Waals surface area contributed by atoms with Gasteiger partial charge in [-0.1, -0.05) is 12.1 Å². The Morgan fingerprint density at radius 3 is 2.41 bits per heavy atom. The minimum absolute atomic E-state index is 0.131. The number of benzene rings is 2. The van der Waals surface area contributed by atoms with E-state index in [0.717, 1.165) is 27.6 Å². The van der Waals surface area contributed by atoms with Gasteiger partial charge < -0.3 is 10.6 Å². The standard InChI is InChI=1S/C23H14F3N5O2S/c24-23(25,26)14-4-1-3-12(7-14)21(32)29-15-5-2-6-16(9-15)30-22(33)18-8-13-10-27-20-17(11-28-31-20)19(13)34-18/h1-11H,(H,29,32)(H,30,33)(H,27,28,31). The summed E-state index contributed by atoms with van der Waals surface area (Å²) in [6, 6.07) is 12.2. The maximum atomic E-state index is 12.9. The number of hydrogen-bond donors (Lipinski definition) is 3. The number of anilines is 2. The van der Waals surface area contributed by atoms with Gasteiger partial charge in [-0.05, 0) is 42.5 Å². The molecule has 0 radical (unpaired) electrons. The summed E-state index contributed by atoms with van der Waals surface area (Å²) in [5.74, 6) is -1.05. The summed E-state index contributed by atoms with van der Waals surface area (Å²) in [6.07, 6.45) is -1.24. The molecule has 7 nitrogen and oxygen atoms in total. The largest absolute Gasteiger partial charge is 0.416 e. The Balaban J connectivity index is 1.33. The van der Waals surface area contributed by atoms with Gasteiger partial charge in [0.2, 0.25) is 0 Å². The van der Waals surface area contributed by atoms with Gasteiger partial charge in [-0.15, -0.1) is 11.3 Å². The molecule has 11 heteroatoms. The zero-order valence-electron chi connectivity index (χ0n) is 17.1. The Kier molecular flexibility index (Phi) is 5.25. The smallest absolute Gasteiger partial charge is 0.322 e. The summed E-state index contributed by atoms with van der Waals surface area (Å²) in [6.45, 7) is 0. The predicted octanol–water partition coefficient (Wildman–Crippen LogP) is 5.70. The molecule has 5 aromatic rings. The normalized spacial score (nSPS) is 11.6. The number of carbonyl (C=O) groups excluding carboxylic acids is 2. The molecular formula is C23H14F3N5O2S. The van der Waals surface area contributed by atoms with Crippen LogP contribution in [0.4, 0.5) is 24.5 Å². The molecule has 3 aromatic heterocycles. The summed E-state index contributed by atoms with van der Waals surface area (Å²) in [7, 11) is 0. The average molecular weight is 481 g/mol. The van der Waals surface area contributed by atoms with Crippen LogP contribution in [0.15, 0.2) is 67.0 Å². The first kappa shape index (κ1) is 21.6. The van der Waals surface area contributed by atoms with Crippen LogP contribution in [0.3, 0.4) is 0 Å². The van der Waals surface area contributed by atoms with Gasteiger partial charge in [-0.2, -0.15) is 18.3 Å². The number of nitrogens with zero attached hydrogens (tertiary/aromatic N) is 2. The van der Waals surface area contributed by atoms with E-state index in [9.17, 15) is 22.8 Å². The molecule has 0 spiro atoms. The first-order chi connectivity index (χ1) is 16.3. The second-order valence-corrected chi connectivity index (χ2v) is 8.41. The van der Waals surface area contributed by atoms with Gasteiger partial charge in [0.05, 0.1) is 22.0 Å². The van der Waals surface area contributed by atoms with Gasteiger partial charge in [0.25, 0.3) is 11.8 Å². The number of halogens is 3. The van der Waals surface area contributed by atoms with Crippen molar-refractivity contribution >= 4 is 55.6 Å². The lowest BCUT2D eigenvalue weighted by atomic mass is 10.1. The minimum atomic E-state index is -4.55. The predicted molar refractivity (Wildman–Crippen MR) is 123 cm³/mol. The van der Waals surface area contributed by atoms with Gasteiger partial charge in [0.15, 0.2) is 5.65 Å². The lowest BCUT2D eigenvalue weighted by molar-refractivity contribution is -0.137. The van der Waals surface area contributed by atoms with Crippen molar-refractivity contribution in [1.82, 2.24) is 15.2 Å². The number of amides is 2. The minimum Gasteiger partial charge on any atom is -0.322 e. The van der Waals surface area contributed by atoms with Crippen molar-refractivity contribution in [3.05, 3.63) is 83.0 Å². The highest BCUT2D eigenvalue weighted by atomic mass is 32.1. The van der Waals surface area contributed by atoms with Crippen LogP contribution >= 0.6 is 11.3 Å². The number of thiophene rings is 1. The van der Waals surface area contributed by atoms with E-state index in [-0.39, 0.29) is 11.5 Å². The third-order valence-electron chi connectivity index (χ3n) is 5.01. The number of pyridine rings is 1. The molecule has 0 unspecified atom stereocenters. The van der Waals surface area contributed by atoms with E-state index in [1.54, 1.807) is 36.7 Å². The number of aromatic amines is 1. The molecule has 0 aliphatic rings. The Morgan fingerprint density at radius 1 is 0.912 bits per heavy atom. The van der Waals surface area contributed by atoms with Gasteiger partial charge in [-0.25, -0.2) is 4.98 Å². The van der Waals surface area contributed by atoms with Crippen molar-refractivity contribution < 1.29 is 22.8 Å². The van der Waals surface area contributed by atoms with Crippen molar-refractivity contribution in [1.29, 1.82) is 0 Å². The highest BCUT2D eigenvalue weighted by Crippen LogP contribution is 2.32. The molecule has 170 valence electrons. The molecule has 34 heavy (non-hydrogen) atoms. The van der Waals surface area contributed by atoms with Crippen molar-refractivity contribution in [3.63, 3.8) is 0 Å². The van der Waals surface area contributed by atoms with Gasteiger partial charge in [0, 0.05) is 33.2 Å². The summed E-state index contributed by atoms with van der Waals surface area (Å²) < 4.78 is 39.6. The molecule has 2 amide bonds. The van der Waals surface area contributed by atoms with Crippen LogP contribution in [-0.2, 0) is 6.18 Å². The van der Waals surface area contributed by atoms with Crippen LogP contribution < -0.4 is 10.6 Å². The number of hydrogen-bond acceptors (Lipinski definition) is 5. The van der Waals surface area contributed by atoms with E-state index in [2.05, 4.69) is 25.8 Å². The quantitative estimate of drug-likeness (QED) is 0.307. The van der Waals surface area contributed by atoms with Gasteiger partial charge in [-0.3, -0.25) is 14.7 Å². The number of aromatic nitrogens is 3. The number of carbonyl (C=O) groups is 2. The SMILES string of the molecule is O=C(Nc1cccc(NC(=O)c2cc3cnc4[nH]ncc4c3s2)c1)c1cccc(C(F)(F)F)c1. The van der Waals surface area contributed by atoms with E-state index in [1.165, 1.54) is 29.5 Å². The summed E-state index contributed by atoms with van der Waals surface area (Å²) in [4.78, 5) is 30.0. The molecule has 0 bridgehead atoms. The molecule has 3 N–H and O–H groups in total. The molecular weight excluding hydrogens is 467 g/mol. The zero-order valence-corrected chi connectivity index (χ0v) is 17.9. The zero-order chi connectivity index (χ0) is 23.9. The average Bonchev–Trinajstić information content (AvgIpc) is 3.45. The van der Waals surface area contributed by atoms with E-state index < -0.39 is 17.6 Å². The molecule has 0 atom stereocenters. The Morgan fingerprint density at radius 2 is 1.65 bits per heavy atom. The summed E-state index contributed by atoms with van der Waals surface area (Å²) in [5.41, 5.74) is 0.323. The number of fused-ring (bicyclic) bond motifs is 3. The fraction of sp³-hybridized carbons (Fsp3) is 0.0435. The number of nitrogens with one attached hydrogen (secondary N) is 3. The lowest BCUT2D eigenvalue weighted by Gasteiger charge is -2.10. The van der Waals surface area contributed by atoms with E-state index in [1.807, 2.05) is 0 Å². The summed E-state index contributed by atoms with van der Waals surface area (Å²) >= 11 is 1.30. The Bertz CT molecular complexity index is 1560. The fourth-order valence-electron chi connectivity index (χ4n) is 3.41. The second kappa shape index (κ2) is 8.27. The molecule has 3 heterocycles. The van der Waals surface area contributed by atoms with Crippen molar-refractivity contribution in [3.8, 4) is 0 Å². The third-order valence-corrected chi connectivity index (χ3v) is 6.19. The number of H-pyrrole nitrogens is 1. The first-order valence-electron chi connectivity index (χ1n) is 9.89. The van der Waals surface area contributed by atoms with Crippen LogP contribution in [0.25, 0.3) is 21.1 Å². The molecule has 0 saturated heterocycles. The topological polar surface area (TPSA) is 99.8 Å². The molecule has 2 aromatic carbocycles. The van der Waals surface area contributed by atoms with Crippen LogP contribution in [0.2, 0.25) is 0 Å². The van der Waals surface area contributed by atoms with E-state index in [0.29, 0.717) is 21.9 Å². The second-order valence-electron chi connectivity index (χ2n) is 7.35. The Labute approximate surface area is 193 Å². The van der Waals surface area contributed by atoms with E-state index in [4.69, 9.17) is 0 Å². The first-order valence-corrected chi connectivity index (χ1v) is 10.7. The van der Waals surface area contributed by atoms with E-state index >= 15 is 0 Å². The van der Waals surface area contributed by atoms with Crippen LogP contribution in [0, 0.1) is 0 Å². The van der Waals surface area contributed by atoms with Gasteiger partial charge in [0.1, 0.15) is 0 Å². The van der Waals surface area contributed by atoms with Gasteiger partial charge >= 0.3 is 6.18 Å². The monoisotopic (exact) mass is 481 g/mol. The molecule has 5 rings (SSSR count). The maximum absolute atomic E-state index is 12.9. The molecule has 0 saturated carbocycles. The Hall–Kier alpha value is -4.25. The van der Waals surface area contributed by atoms with Crippen LogP contribution in [0.1, 0.15) is 25.6 Å². The van der Waals surface area contributed by atoms with Crippen molar-refractivity contribution in [2.45, 2.75) is 6.18 Å². The molecule has 0 aliphatic heterocycles. The highest BCUT2D eigenvalue weighted by molar-refractivity contribution is 7.21. The van der Waals surface area contributed by atoms with Crippen LogP contribution in [-0.4, -0.2) is 27.0 Å². The molecule has 0 fully saturated rings. The maximum Gasteiger partial charge on any atom is 0.416 e. The van der Waals surface area contributed by atoms with Crippen LogP contribution in [0.5, 0.6) is 0 Å². The number of rotatable bonds is 4. The molecule has 0 aliphatic carbocycles. The highest BCUT2D eigenvalue weighted by Gasteiger charge is 2.30. The number of alkyl halides is 3. The van der Waals surface area contributed by atoms with Crippen molar-refractivity contribution in [2.24, 2.45) is 0 Å².